The van der Waals surface area contributed by atoms with E-state index >= 15 is 0 Å². The number of hydrogen-bond acceptors (Lipinski definition) is 3. The Morgan fingerprint density at radius 3 is 2.65 bits per heavy atom. The molecule has 1 amide bonds. The highest BCUT2D eigenvalue weighted by atomic mass is 16.5. The van der Waals surface area contributed by atoms with Gasteiger partial charge in [0.25, 0.3) is 0 Å². The first-order valence-corrected chi connectivity index (χ1v) is 5.76. The van der Waals surface area contributed by atoms with Gasteiger partial charge in [-0.15, -0.1) is 0 Å². The maximum Gasteiger partial charge on any atom is 0.220 e. The molecule has 0 aromatic heterocycles. The molecule has 4 nitrogen and oxygen atoms in total. The van der Waals surface area contributed by atoms with Gasteiger partial charge in [-0.1, -0.05) is 6.07 Å². The van der Waals surface area contributed by atoms with Gasteiger partial charge in [0.2, 0.25) is 5.91 Å². The Hall–Kier alpha value is -1.71. The molecule has 1 atom stereocenters. The van der Waals surface area contributed by atoms with Crippen LogP contribution < -0.4 is 14.8 Å². The fraction of sp³-hybridized carbons (Fsp3) is 0.462. The lowest BCUT2D eigenvalue weighted by molar-refractivity contribution is -0.123. The van der Waals surface area contributed by atoms with E-state index in [4.69, 9.17) is 9.47 Å². The normalized spacial score (nSPS) is 19.6. The first-order chi connectivity index (χ1) is 8.24. The van der Waals surface area contributed by atoms with Crippen LogP contribution in [0.3, 0.4) is 0 Å². The zero-order valence-electron chi connectivity index (χ0n) is 10.2. The van der Waals surface area contributed by atoms with E-state index in [1.165, 1.54) is 0 Å². The van der Waals surface area contributed by atoms with Gasteiger partial charge >= 0.3 is 0 Å². The Labute approximate surface area is 101 Å². The van der Waals surface area contributed by atoms with Crippen molar-refractivity contribution in [2.75, 3.05) is 14.2 Å². The minimum atomic E-state index is 0.0936. The quantitative estimate of drug-likeness (QED) is 0.872. The van der Waals surface area contributed by atoms with Crippen molar-refractivity contribution in [2.45, 2.75) is 25.3 Å². The third-order valence-corrected chi connectivity index (χ3v) is 3.04. The monoisotopic (exact) mass is 235 g/mol. The zero-order chi connectivity index (χ0) is 12.3. The van der Waals surface area contributed by atoms with Crippen LogP contribution in [0.25, 0.3) is 0 Å². The largest absolute Gasteiger partial charge is 0.493 e. The average molecular weight is 235 g/mol. The third kappa shape index (κ3) is 2.52. The highest BCUT2D eigenvalue weighted by Gasteiger charge is 2.20. The Bertz CT molecular complexity index is 417. The van der Waals surface area contributed by atoms with E-state index in [2.05, 4.69) is 5.32 Å². The minimum Gasteiger partial charge on any atom is -0.493 e. The number of carbonyl (C=O) groups excluding carboxylic acids is 1. The van der Waals surface area contributed by atoms with Crippen molar-refractivity contribution >= 4 is 5.91 Å². The molecule has 1 aromatic rings. The van der Waals surface area contributed by atoms with Crippen LogP contribution in [-0.4, -0.2) is 20.1 Å². The second-order valence-corrected chi connectivity index (χ2v) is 4.13. The van der Waals surface area contributed by atoms with Gasteiger partial charge in [-0.05, 0) is 30.5 Å². The van der Waals surface area contributed by atoms with Crippen molar-refractivity contribution in [1.29, 1.82) is 0 Å². The summed E-state index contributed by atoms with van der Waals surface area (Å²) in [5.74, 6) is 1.53. The Balaban J connectivity index is 2.23. The molecule has 1 aliphatic heterocycles. The summed E-state index contributed by atoms with van der Waals surface area (Å²) in [5, 5.41) is 2.99. The summed E-state index contributed by atoms with van der Waals surface area (Å²) in [4.78, 5) is 11.4. The zero-order valence-corrected chi connectivity index (χ0v) is 10.2. The number of nitrogens with one attached hydrogen (secondary N) is 1. The van der Waals surface area contributed by atoms with Crippen molar-refractivity contribution in [2.24, 2.45) is 0 Å². The maximum absolute atomic E-state index is 11.4. The van der Waals surface area contributed by atoms with Crippen molar-refractivity contribution in [3.63, 3.8) is 0 Å². The average Bonchev–Trinajstić information content (AvgIpc) is 2.38. The van der Waals surface area contributed by atoms with Crippen LogP contribution in [0.4, 0.5) is 0 Å². The standard InChI is InChI=1S/C13H17NO3/c1-16-11-7-6-9(8-12(11)17-2)10-4-3-5-13(15)14-10/h6-8,10H,3-5H2,1-2H3,(H,14,15). The summed E-state index contributed by atoms with van der Waals surface area (Å²) in [6.07, 6.45) is 2.54. The van der Waals surface area contributed by atoms with E-state index in [0.717, 1.165) is 18.4 Å². The van der Waals surface area contributed by atoms with E-state index in [0.29, 0.717) is 17.9 Å². The molecule has 1 aromatic carbocycles. The Kier molecular flexibility index (Phi) is 3.52. The first-order valence-electron chi connectivity index (χ1n) is 5.76. The van der Waals surface area contributed by atoms with Gasteiger partial charge in [0, 0.05) is 6.42 Å². The molecule has 0 aliphatic carbocycles. The van der Waals surface area contributed by atoms with Crippen LogP contribution in [0.2, 0.25) is 0 Å². The van der Waals surface area contributed by atoms with Crippen molar-refractivity contribution in [3.8, 4) is 11.5 Å². The Morgan fingerprint density at radius 2 is 2.00 bits per heavy atom. The van der Waals surface area contributed by atoms with E-state index < -0.39 is 0 Å². The first kappa shape index (κ1) is 11.8. The van der Waals surface area contributed by atoms with Gasteiger partial charge in [0.1, 0.15) is 0 Å². The van der Waals surface area contributed by atoms with E-state index in [9.17, 15) is 4.79 Å². The molecule has 1 heterocycles. The van der Waals surface area contributed by atoms with Crippen LogP contribution in [0.1, 0.15) is 30.9 Å². The van der Waals surface area contributed by atoms with Gasteiger partial charge in [-0.2, -0.15) is 0 Å². The summed E-state index contributed by atoms with van der Waals surface area (Å²) in [7, 11) is 3.22. The highest BCUT2D eigenvalue weighted by Crippen LogP contribution is 2.32. The van der Waals surface area contributed by atoms with Crippen molar-refractivity contribution in [3.05, 3.63) is 23.8 Å². The minimum absolute atomic E-state index is 0.0936. The van der Waals surface area contributed by atoms with Crippen LogP contribution in [0.15, 0.2) is 18.2 Å². The summed E-state index contributed by atoms with van der Waals surface area (Å²) in [6, 6.07) is 5.86. The van der Waals surface area contributed by atoms with Crippen LogP contribution in [0.5, 0.6) is 11.5 Å². The van der Waals surface area contributed by atoms with Crippen molar-refractivity contribution in [1.82, 2.24) is 5.32 Å². The lowest BCUT2D eigenvalue weighted by atomic mass is 9.97. The predicted octanol–water partition coefficient (Wildman–Crippen LogP) is 2.04. The predicted molar refractivity (Wildman–Crippen MR) is 64.3 cm³/mol. The molecule has 2 rings (SSSR count). The van der Waals surface area contributed by atoms with Crippen LogP contribution >= 0.6 is 0 Å². The number of hydrogen-bond donors (Lipinski definition) is 1. The molecule has 1 fully saturated rings. The molecule has 1 N–H and O–H groups in total. The van der Waals surface area contributed by atoms with Gasteiger partial charge in [-0.3, -0.25) is 4.79 Å². The molecule has 1 saturated heterocycles. The van der Waals surface area contributed by atoms with Crippen LogP contribution in [0, 0.1) is 0 Å². The second kappa shape index (κ2) is 5.08. The lowest BCUT2D eigenvalue weighted by Crippen LogP contribution is -2.32. The molecule has 4 heteroatoms. The molecule has 92 valence electrons. The van der Waals surface area contributed by atoms with Gasteiger partial charge in [0.15, 0.2) is 11.5 Å². The van der Waals surface area contributed by atoms with Gasteiger partial charge < -0.3 is 14.8 Å². The molecule has 17 heavy (non-hydrogen) atoms. The van der Waals surface area contributed by atoms with E-state index in [1.807, 2.05) is 18.2 Å². The number of benzene rings is 1. The smallest absolute Gasteiger partial charge is 0.220 e. The third-order valence-electron chi connectivity index (χ3n) is 3.04. The summed E-state index contributed by atoms with van der Waals surface area (Å²) >= 11 is 0. The fourth-order valence-corrected chi connectivity index (χ4v) is 2.12. The fourth-order valence-electron chi connectivity index (χ4n) is 2.12. The lowest BCUT2D eigenvalue weighted by Gasteiger charge is -2.24. The number of methoxy groups -OCH3 is 2. The molecule has 1 aliphatic rings. The second-order valence-electron chi connectivity index (χ2n) is 4.13. The maximum atomic E-state index is 11.4. The molecule has 1 unspecified atom stereocenters. The van der Waals surface area contributed by atoms with Crippen molar-refractivity contribution < 1.29 is 14.3 Å². The molecular weight excluding hydrogens is 218 g/mol. The molecule has 0 spiro atoms. The SMILES string of the molecule is COc1ccc(C2CCCC(=O)N2)cc1OC. The Morgan fingerprint density at radius 1 is 1.24 bits per heavy atom. The summed E-state index contributed by atoms with van der Waals surface area (Å²) < 4.78 is 10.4. The number of rotatable bonds is 3. The summed E-state index contributed by atoms with van der Waals surface area (Å²) in [6.45, 7) is 0. The highest BCUT2D eigenvalue weighted by molar-refractivity contribution is 5.77. The molecule has 0 radical (unpaired) electrons. The number of piperidine rings is 1. The topological polar surface area (TPSA) is 47.6 Å². The summed E-state index contributed by atoms with van der Waals surface area (Å²) in [5.41, 5.74) is 1.07. The van der Waals surface area contributed by atoms with Crippen LogP contribution in [-0.2, 0) is 4.79 Å². The molecule has 0 saturated carbocycles. The number of ether oxygens (including phenoxy) is 2. The van der Waals surface area contributed by atoms with E-state index in [1.54, 1.807) is 14.2 Å². The number of carbonyl (C=O) groups is 1. The molecule has 0 bridgehead atoms. The number of amides is 1. The molecular formula is C13H17NO3. The van der Waals surface area contributed by atoms with E-state index in [-0.39, 0.29) is 11.9 Å². The van der Waals surface area contributed by atoms with Gasteiger partial charge in [-0.25, -0.2) is 0 Å². The van der Waals surface area contributed by atoms with Gasteiger partial charge in [0.05, 0.1) is 20.3 Å².